The van der Waals surface area contributed by atoms with E-state index in [9.17, 15) is 26.0 Å². The fraction of sp³-hybridized carbons (Fsp3) is 0.278. The number of ether oxygens (including phenoxy) is 2. The smallest absolute Gasteiger partial charge is 0.395 e. The summed E-state index contributed by atoms with van der Waals surface area (Å²) < 4.78 is 91.2. The number of halogens is 4. The summed E-state index contributed by atoms with van der Waals surface area (Å²) in [7, 11) is -3.25. The van der Waals surface area contributed by atoms with Gasteiger partial charge >= 0.3 is 6.29 Å². The number of hydrogen-bond donors (Lipinski definition) is 2. The first kappa shape index (κ1) is 20.3. The van der Waals surface area contributed by atoms with E-state index in [0.29, 0.717) is 4.31 Å². The molecule has 0 aromatic heterocycles. The van der Waals surface area contributed by atoms with Crippen molar-refractivity contribution >= 4 is 16.0 Å². The average Bonchev–Trinajstić information content (AvgIpc) is 2.94. The summed E-state index contributed by atoms with van der Waals surface area (Å²) in [5.74, 6) is -3.00. The van der Waals surface area contributed by atoms with E-state index in [1.807, 2.05) is 0 Å². The van der Waals surface area contributed by atoms with Crippen LogP contribution in [0.25, 0.3) is 0 Å². The van der Waals surface area contributed by atoms with Crippen molar-refractivity contribution in [2.45, 2.75) is 24.0 Å². The molecule has 4 rings (SSSR count). The second-order valence-electron chi connectivity index (χ2n) is 7.07. The van der Waals surface area contributed by atoms with Gasteiger partial charge in [-0.1, -0.05) is 6.07 Å². The van der Waals surface area contributed by atoms with Crippen LogP contribution in [0.4, 0.5) is 17.6 Å². The summed E-state index contributed by atoms with van der Waals surface area (Å²) in [6, 6.07) is 5.89. The summed E-state index contributed by atoms with van der Waals surface area (Å²) in [6.45, 7) is 1.29. The van der Waals surface area contributed by atoms with E-state index in [1.165, 1.54) is 13.0 Å². The molecule has 2 aromatic carbocycles. The maximum atomic E-state index is 14.7. The highest BCUT2D eigenvalue weighted by Crippen LogP contribution is 2.49. The minimum Gasteiger partial charge on any atom is -0.395 e. The molecule has 0 radical (unpaired) electrons. The monoisotopic (exact) mass is 445 g/mol. The van der Waals surface area contributed by atoms with Gasteiger partial charge in [-0.2, -0.15) is 0 Å². The summed E-state index contributed by atoms with van der Waals surface area (Å²) in [5.41, 5.74) is -2.25. The van der Waals surface area contributed by atoms with Crippen LogP contribution in [0.3, 0.4) is 0 Å². The largest absolute Gasteiger partial charge is 0.586 e. The highest BCUT2D eigenvalue weighted by Gasteiger charge is 2.54. The molecule has 0 saturated carbocycles. The zero-order valence-electron chi connectivity index (χ0n) is 15.5. The zero-order chi connectivity index (χ0) is 22.1. The lowest BCUT2D eigenvalue weighted by Crippen LogP contribution is -2.62. The van der Waals surface area contributed by atoms with E-state index in [-0.39, 0.29) is 16.9 Å². The third-order valence-electron chi connectivity index (χ3n) is 5.11. The van der Waals surface area contributed by atoms with Gasteiger partial charge in [0.05, 0.1) is 5.54 Å². The Balaban J connectivity index is 1.94. The molecular formula is C18H15F4N3O4S. The van der Waals surface area contributed by atoms with Crippen LogP contribution >= 0.6 is 0 Å². The molecule has 0 bridgehead atoms. The molecule has 2 aromatic rings. The van der Waals surface area contributed by atoms with Crippen LogP contribution in [0.1, 0.15) is 23.3 Å². The van der Waals surface area contributed by atoms with Crippen molar-refractivity contribution in [1.29, 1.82) is 5.41 Å². The number of fused-ring (bicyclic) bond motifs is 1. The molecule has 12 heteroatoms. The molecule has 2 N–H and O–H groups in total. The number of guanidine groups is 1. The topological polar surface area (TPSA) is 91.7 Å². The molecule has 2 heterocycles. The quantitative estimate of drug-likeness (QED) is 0.694. The first-order valence-corrected chi connectivity index (χ1v) is 10.1. The third-order valence-corrected chi connectivity index (χ3v) is 7.40. The van der Waals surface area contributed by atoms with Crippen molar-refractivity contribution in [1.82, 2.24) is 9.62 Å². The third kappa shape index (κ3) is 2.93. The Morgan fingerprint density at radius 3 is 2.47 bits per heavy atom. The van der Waals surface area contributed by atoms with Crippen LogP contribution < -0.4 is 14.8 Å². The van der Waals surface area contributed by atoms with Gasteiger partial charge in [-0.3, -0.25) is 5.41 Å². The van der Waals surface area contributed by atoms with Crippen molar-refractivity contribution in [3.05, 3.63) is 59.2 Å². The molecule has 2 aliphatic heterocycles. The fourth-order valence-electron chi connectivity index (χ4n) is 3.71. The van der Waals surface area contributed by atoms with Gasteiger partial charge in [0.15, 0.2) is 11.5 Å². The SMILES string of the molecule is CN1C(=N)N[C@](C)(c2cc(F)ccc2F)[C@@H](c2ccc3c(c2)OC(F)(F)O3)S1(=O)=O. The van der Waals surface area contributed by atoms with Crippen LogP contribution in [-0.2, 0) is 15.6 Å². The van der Waals surface area contributed by atoms with Crippen molar-refractivity contribution in [2.24, 2.45) is 0 Å². The number of alkyl halides is 2. The Morgan fingerprint density at radius 2 is 1.77 bits per heavy atom. The van der Waals surface area contributed by atoms with Crippen molar-refractivity contribution < 1.29 is 35.5 Å². The Morgan fingerprint density at radius 1 is 1.10 bits per heavy atom. The first-order chi connectivity index (χ1) is 13.8. The Bertz CT molecular complexity index is 1170. The van der Waals surface area contributed by atoms with Gasteiger partial charge in [-0.15, -0.1) is 8.78 Å². The fourth-order valence-corrected chi connectivity index (χ4v) is 5.60. The van der Waals surface area contributed by atoms with E-state index in [2.05, 4.69) is 14.8 Å². The Kier molecular flexibility index (Phi) is 4.21. The van der Waals surface area contributed by atoms with E-state index in [4.69, 9.17) is 5.41 Å². The molecule has 2 atom stereocenters. The van der Waals surface area contributed by atoms with Crippen molar-refractivity contribution in [3.8, 4) is 11.5 Å². The molecule has 7 nitrogen and oxygen atoms in total. The predicted octanol–water partition coefficient (Wildman–Crippen LogP) is 3.04. The number of nitrogens with zero attached hydrogens (tertiary/aromatic N) is 1. The minimum atomic E-state index is -4.36. The normalized spacial score (nSPS) is 26.4. The maximum Gasteiger partial charge on any atom is 0.586 e. The molecule has 30 heavy (non-hydrogen) atoms. The second kappa shape index (κ2) is 6.24. The van der Waals surface area contributed by atoms with Crippen LogP contribution in [0, 0.1) is 17.0 Å². The number of benzene rings is 2. The lowest BCUT2D eigenvalue weighted by Gasteiger charge is -2.46. The van der Waals surface area contributed by atoms with E-state index >= 15 is 0 Å². The van der Waals surface area contributed by atoms with Gasteiger partial charge < -0.3 is 14.8 Å². The van der Waals surface area contributed by atoms with E-state index in [0.717, 1.165) is 37.4 Å². The Labute approximate surface area is 168 Å². The zero-order valence-corrected chi connectivity index (χ0v) is 16.4. The van der Waals surface area contributed by atoms with Crippen LogP contribution in [-0.4, -0.2) is 32.0 Å². The molecule has 0 amide bonds. The predicted molar refractivity (Wildman–Crippen MR) is 96.6 cm³/mol. The lowest BCUT2D eigenvalue weighted by molar-refractivity contribution is -0.286. The molecule has 1 fully saturated rings. The Hall–Kier alpha value is -3.02. The van der Waals surface area contributed by atoms with Crippen LogP contribution in [0.15, 0.2) is 36.4 Å². The van der Waals surface area contributed by atoms with E-state index < -0.39 is 50.5 Å². The molecule has 0 unspecified atom stereocenters. The van der Waals surface area contributed by atoms with Crippen molar-refractivity contribution in [3.63, 3.8) is 0 Å². The van der Waals surface area contributed by atoms with Gasteiger partial charge in [0.25, 0.3) is 0 Å². The standard InChI is InChI=1S/C18H15F4N3O4S/c1-17(11-8-10(19)4-5-12(11)20)15(30(26,27)25(2)16(23)24-17)9-3-6-13-14(7-9)29-18(21,22)28-13/h3-8,15H,1-2H3,(H2,23,24)/t15-,17-/m1/s1. The average molecular weight is 445 g/mol. The van der Waals surface area contributed by atoms with Crippen molar-refractivity contribution in [2.75, 3.05) is 7.05 Å². The molecule has 2 aliphatic rings. The van der Waals surface area contributed by atoms with Gasteiger partial charge in [-0.25, -0.2) is 21.5 Å². The number of hydrogen-bond acceptors (Lipinski definition) is 5. The minimum absolute atomic E-state index is 0.0481. The van der Waals surface area contributed by atoms with Gasteiger partial charge in [0.2, 0.25) is 16.0 Å². The maximum absolute atomic E-state index is 14.7. The summed E-state index contributed by atoms with van der Waals surface area (Å²) in [6.07, 6.45) is -3.92. The molecule has 160 valence electrons. The highest BCUT2D eigenvalue weighted by molar-refractivity contribution is 7.90. The molecule has 0 spiro atoms. The number of sulfonamides is 1. The van der Waals surface area contributed by atoms with E-state index in [1.54, 1.807) is 0 Å². The second-order valence-corrected chi connectivity index (χ2v) is 9.12. The van der Waals surface area contributed by atoms with Gasteiger partial charge in [-0.05, 0) is 42.8 Å². The number of rotatable bonds is 2. The molecule has 0 aliphatic carbocycles. The van der Waals surface area contributed by atoms with Gasteiger partial charge in [0, 0.05) is 12.6 Å². The first-order valence-electron chi connectivity index (χ1n) is 8.55. The van der Waals surface area contributed by atoms with Gasteiger partial charge in [0.1, 0.15) is 16.9 Å². The highest BCUT2D eigenvalue weighted by atomic mass is 32.2. The lowest BCUT2D eigenvalue weighted by atomic mass is 9.84. The molecule has 1 saturated heterocycles. The summed E-state index contributed by atoms with van der Waals surface area (Å²) in [4.78, 5) is 0. The molecular weight excluding hydrogens is 430 g/mol. The van der Waals surface area contributed by atoms with Crippen LogP contribution in [0.5, 0.6) is 11.5 Å². The summed E-state index contributed by atoms with van der Waals surface area (Å²) >= 11 is 0. The van der Waals surface area contributed by atoms with Crippen LogP contribution in [0.2, 0.25) is 0 Å². The summed E-state index contributed by atoms with van der Waals surface area (Å²) in [5, 5.41) is 8.98. The number of nitrogens with one attached hydrogen (secondary N) is 2.